The maximum absolute atomic E-state index is 6.67. The van der Waals surface area contributed by atoms with Crippen LogP contribution >= 0.6 is 20.8 Å². The number of fused-ring (bicyclic) bond motifs is 1. The first-order valence-electron chi connectivity index (χ1n) is 13.9. The van der Waals surface area contributed by atoms with Crippen molar-refractivity contribution in [1.82, 2.24) is 20.2 Å². The summed E-state index contributed by atoms with van der Waals surface area (Å²) in [6, 6.07) is 13.7. The molecule has 7 nitrogen and oxygen atoms in total. The number of benzene rings is 2. The van der Waals surface area contributed by atoms with Gasteiger partial charge in [0.2, 0.25) is 0 Å². The first-order valence-corrected chi connectivity index (χ1v) is 16.6. The monoisotopic (exact) mass is 590 g/mol. The molecule has 1 fully saturated rings. The van der Waals surface area contributed by atoms with Crippen LogP contribution in [0.25, 0.3) is 11.8 Å². The zero-order chi connectivity index (χ0) is 29.0. The second-order valence-electron chi connectivity index (χ2n) is 11.1. The summed E-state index contributed by atoms with van der Waals surface area (Å²) in [7, 11) is -0.917. The van der Waals surface area contributed by atoms with E-state index in [1.54, 1.807) is 6.33 Å². The number of hydrogen-bond acceptors (Lipinski definition) is 7. The highest BCUT2D eigenvalue weighted by atomic mass is 35.5. The van der Waals surface area contributed by atoms with Gasteiger partial charge in [0.15, 0.2) is 0 Å². The van der Waals surface area contributed by atoms with Gasteiger partial charge in [-0.2, -0.15) is 0 Å². The minimum atomic E-state index is -0.917. The van der Waals surface area contributed by atoms with Crippen LogP contribution in [0.15, 0.2) is 60.9 Å². The van der Waals surface area contributed by atoms with Crippen LogP contribution in [0.2, 0.25) is 5.02 Å². The fourth-order valence-electron chi connectivity index (χ4n) is 4.92. The predicted octanol–water partition coefficient (Wildman–Crippen LogP) is 6.82. The summed E-state index contributed by atoms with van der Waals surface area (Å²) in [6.07, 6.45) is 4.77. The molecule has 3 aromatic rings. The topological polar surface area (TPSA) is 74.3 Å². The van der Waals surface area contributed by atoms with Crippen molar-refractivity contribution in [3.05, 3.63) is 77.1 Å². The molecule has 0 spiro atoms. The van der Waals surface area contributed by atoms with E-state index in [2.05, 4.69) is 69.1 Å². The molecule has 0 amide bonds. The summed E-state index contributed by atoms with van der Waals surface area (Å²) in [5.41, 5.74) is 4.94. The Kier molecular flexibility index (Phi) is 8.92. The van der Waals surface area contributed by atoms with Gasteiger partial charge >= 0.3 is 0 Å². The lowest BCUT2D eigenvalue weighted by Gasteiger charge is -2.32. The van der Waals surface area contributed by atoms with Crippen LogP contribution in [-0.2, 0) is 0 Å². The van der Waals surface area contributed by atoms with Crippen molar-refractivity contribution >= 4 is 61.6 Å². The largest absolute Gasteiger partial charge is 0.456 e. The number of aromatic nitrogens is 2. The molecule has 3 N–H and O–H groups in total. The first-order chi connectivity index (χ1) is 19.6. The Morgan fingerprint density at radius 2 is 1.95 bits per heavy atom. The van der Waals surface area contributed by atoms with Gasteiger partial charge in [0.1, 0.15) is 29.5 Å². The molecular formula is C32H39ClN6OS. The average molecular weight is 591 g/mol. The molecule has 41 heavy (non-hydrogen) atoms. The zero-order valence-corrected chi connectivity index (χ0v) is 25.5. The van der Waals surface area contributed by atoms with E-state index in [1.807, 2.05) is 42.5 Å². The van der Waals surface area contributed by atoms with Gasteiger partial charge in [-0.05, 0) is 68.2 Å². The van der Waals surface area contributed by atoms with Crippen molar-refractivity contribution < 1.29 is 4.74 Å². The molecule has 0 unspecified atom stereocenters. The van der Waals surface area contributed by atoms with Crippen LogP contribution in [0.5, 0.6) is 11.5 Å². The van der Waals surface area contributed by atoms with Gasteiger partial charge in [-0.25, -0.2) is 19.2 Å². The maximum Gasteiger partial charge on any atom is 0.146 e. The van der Waals surface area contributed by atoms with E-state index in [0.29, 0.717) is 22.6 Å². The Bertz CT molecular complexity index is 1550. The Morgan fingerprint density at radius 1 is 1.15 bits per heavy atom. The highest BCUT2D eigenvalue weighted by molar-refractivity contribution is 8.27. The van der Waals surface area contributed by atoms with Gasteiger partial charge in [0.25, 0.3) is 0 Å². The van der Waals surface area contributed by atoms with Gasteiger partial charge in [-0.1, -0.05) is 47.6 Å². The molecule has 0 aliphatic carbocycles. The highest BCUT2D eigenvalue weighted by Crippen LogP contribution is 2.35. The van der Waals surface area contributed by atoms with Crippen LogP contribution in [0.3, 0.4) is 0 Å². The normalized spacial score (nSPS) is 16.6. The minimum absolute atomic E-state index is 0.294. The van der Waals surface area contributed by atoms with Crippen LogP contribution in [-0.4, -0.2) is 70.3 Å². The molecule has 9 heteroatoms. The zero-order valence-electron chi connectivity index (χ0n) is 23.9. The third kappa shape index (κ3) is 7.64. The predicted molar refractivity (Wildman–Crippen MR) is 180 cm³/mol. The first kappa shape index (κ1) is 29.0. The van der Waals surface area contributed by atoms with Crippen molar-refractivity contribution in [2.24, 2.45) is 0 Å². The number of halogens is 1. The third-order valence-electron chi connectivity index (χ3n) is 7.15. The molecule has 5 rings (SSSR count). The second-order valence-corrected chi connectivity index (χ2v) is 14.7. The summed E-state index contributed by atoms with van der Waals surface area (Å²) >= 11 is 6.67. The summed E-state index contributed by atoms with van der Waals surface area (Å²) in [5, 5.41) is 10.7. The Morgan fingerprint density at radius 3 is 2.71 bits per heavy atom. The molecule has 2 aliphatic heterocycles. The van der Waals surface area contributed by atoms with Crippen LogP contribution in [0.4, 0.5) is 17.3 Å². The molecule has 0 radical (unpaired) electrons. The van der Waals surface area contributed by atoms with Crippen molar-refractivity contribution in [2.45, 2.75) is 26.3 Å². The van der Waals surface area contributed by atoms with Crippen molar-refractivity contribution in [3.8, 4) is 11.5 Å². The molecule has 0 atom stereocenters. The Balaban J connectivity index is 1.31. The molecule has 1 saturated heterocycles. The summed E-state index contributed by atoms with van der Waals surface area (Å²) in [5.74, 6) is 13.7. The van der Waals surface area contributed by atoms with E-state index in [-0.39, 0.29) is 0 Å². The quantitative estimate of drug-likeness (QED) is 0.236. The van der Waals surface area contributed by atoms with Crippen LogP contribution < -0.4 is 20.7 Å². The summed E-state index contributed by atoms with van der Waals surface area (Å²) in [4.78, 5) is 11.6. The average Bonchev–Trinajstić information content (AvgIpc) is 3.14. The fourth-order valence-corrected chi connectivity index (χ4v) is 6.64. The van der Waals surface area contributed by atoms with Gasteiger partial charge in [-0.15, -0.1) is 0 Å². The lowest BCUT2D eigenvalue weighted by molar-refractivity contribution is 0.326. The smallest absolute Gasteiger partial charge is 0.146 e. The lowest BCUT2D eigenvalue weighted by Crippen LogP contribution is -2.36. The number of nitrogens with zero attached hydrogens (tertiary/aromatic N) is 3. The van der Waals surface area contributed by atoms with E-state index < -0.39 is 9.21 Å². The van der Waals surface area contributed by atoms with Gasteiger partial charge in [-0.3, -0.25) is 4.90 Å². The third-order valence-corrected chi connectivity index (χ3v) is 9.54. The van der Waals surface area contributed by atoms with E-state index in [9.17, 15) is 0 Å². The fraction of sp³-hybridized carbons (Fsp3) is 0.312. The van der Waals surface area contributed by atoms with Gasteiger partial charge in [0, 0.05) is 49.2 Å². The van der Waals surface area contributed by atoms with E-state index in [0.717, 1.165) is 78.3 Å². The molecule has 1 aromatic heterocycles. The minimum Gasteiger partial charge on any atom is -0.456 e. The highest BCUT2D eigenvalue weighted by Gasteiger charge is 2.19. The number of hydrogen-bond donors (Lipinski definition) is 3. The molecular weight excluding hydrogens is 552 g/mol. The standard InChI is InChI=1S/C32H39ClN6OS/c1-22(2)37-23(3)25-7-6-8-27(18-25)40-30-10-9-26(19-29(30)33)38-32-28-17-24(11-12-34-31(28)35-21-36-32)20-39-13-15-41(4,5)16-14-39/h6-10,17-19,21-22,37H,3-5,11-16,20H2,1-2H3,(H2,34,35,36,38). The van der Waals surface area contributed by atoms with Gasteiger partial charge in [0.05, 0.1) is 10.6 Å². The number of nitrogens with one attached hydrogen (secondary N) is 3. The molecule has 2 aliphatic rings. The lowest BCUT2D eigenvalue weighted by atomic mass is 10.1. The maximum atomic E-state index is 6.67. The van der Waals surface area contributed by atoms with Crippen molar-refractivity contribution in [2.75, 3.05) is 48.3 Å². The van der Waals surface area contributed by atoms with Crippen LogP contribution in [0, 0.1) is 0 Å². The van der Waals surface area contributed by atoms with Crippen LogP contribution in [0.1, 0.15) is 31.4 Å². The molecule has 2 aromatic carbocycles. The number of ether oxygens (including phenoxy) is 1. The van der Waals surface area contributed by atoms with E-state index in [4.69, 9.17) is 16.3 Å². The Hall–Kier alpha value is -3.46. The number of anilines is 3. The van der Waals surface area contributed by atoms with Gasteiger partial charge < -0.3 is 20.7 Å². The Labute approximate surface area is 249 Å². The molecule has 0 bridgehead atoms. The summed E-state index contributed by atoms with van der Waals surface area (Å²) in [6.45, 7) is 12.2. The molecule has 216 valence electrons. The SMILES string of the molecule is C=C(NC(C)C)c1cccc(Oc2ccc(Nc3ncnc4c3C=C(CN3CCS(=C)(=C)CC3)CCN4)cc2Cl)c1. The molecule has 0 saturated carbocycles. The molecule has 3 heterocycles. The van der Waals surface area contributed by atoms with Crippen molar-refractivity contribution in [3.63, 3.8) is 0 Å². The summed E-state index contributed by atoms with van der Waals surface area (Å²) < 4.78 is 6.13. The van der Waals surface area contributed by atoms with Crippen molar-refractivity contribution in [1.29, 1.82) is 0 Å². The van der Waals surface area contributed by atoms with E-state index >= 15 is 0 Å². The van der Waals surface area contributed by atoms with E-state index in [1.165, 1.54) is 5.57 Å². The second kappa shape index (κ2) is 12.6. The number of rotatable bonds is 9.